The second kappa shape index (κ2) is 10.7. The SMILES string of the molecule is CC(c1ccc(Br)cc1)N1CCC(CCC(C)(C)O)OC1=O.Fc1ccccc1. The van der Waals surface area contributed by atoms with Gasteiger partial charge in [0.05, 0.1) is 11.6 Å². The van der Waals surface area contributed by atoms with E-state index in [1.54, 1.807) is 36.9 Å². The molecular formula is C23H29BrFNO3. The molecule has 2 unspecified atom stereocenters. The van der Waals surface area contributed by atoms with E-state index in [0.29, 0.717) is 19.4 Å². The fourth-order valence-electron chi connectivity index (χ4n) is 3.05. The van der Waals surface area contributed by atoms with Crippen molar-refractivity contribution >= 4 is 22.0 Å². The van der Waals surface area contributed by atoms with Crippen LogP contribution in [0, 0.1) is 5.82 Å². The summed E-state index contributed by atoms with van der Waals surface area (Å²) in [6.07, 6.45) is 1.79. The molecule has 0 radical (unpaired) electrons. The number of ether oxygens (including phenoxy) is 1. The summed E-state index contributed by atoms with van der Waals surface area (Å²) in [7, 11) is 0. The monoisotopic (exact) mass is 465 g/mol. The van der Waals surface area contributed by atoms with Crippen LogP contribution in [-0.2, 0) is 4.74 Å². The molecule has 2 aromatic rings. The number of benzene rings is 2. The zero-order valence-corrected chi connectivity index (χ0v) is 18.7. The van der Waals surface area contributed by atoms with Crippen molar-refractivity contribution in [2.75, 3.05) is 6.54 Å². The number of carbonyl (C=O) groups excluding carboxylic acids is 1. The Morgan fingerprint density at radius 3 is 2.31 bits per heavy atom. The maximum atomic E-state index is 12.2. The number of nitrogens with zero attached hydrogens (tertiary/aromatic N) is 1. The molecule has 0 saturated carbocycles. The molecule has 1 N–H and O–H groups in total. The molecule has 0 aromatic heterocycles. The first-order valence-corrected chi connectivity index (χ1v) is 10.6. The van der Waals surface area contributed by atoms with Crippen LogP contribution in [0.4, 0.5) is 9.18 Å². The smallest absolute Gasteiger partial charge is 0.410 e. The molecule has 1 saturated heterocycles. The molecular weight excluding hydrogens is 437 g/mol. The molecule has 29 heavy (non-hydrogen) atoms. The van der Waals surface area contributed by atoms with E-state index >= 15 is 0 Å². The summed E-state index contributed by atoms with van der Waals surface area (Å²) in [5.41, 5.74) is 0.379. The highest BCUT2D eigenvalue weighted by Gasteiger charge is 2.31. The number of cyclic esters (lactones) is 1. The van der Waals surface area contributed by atoms with Crippen LogP contribution >= 0.6 is 15.9 Å². The molecule has 1 heterocycles. The van der Waals surface area contributed by atoms with E-state index in [1.165, 1.54) is 12.1 Å². The lowest BCUT2D eigenvalue weighted by atomic mass is 9.98. The molecule has 3 rings (SSSR count). The summed E-state index contributed by atoms with van der Waals surface area (Å²) in [5.74, 6) is -0.178. The molecule has 6 heteroatoms. The van der Waals surface area contributed by atoms with Crippen LogP contribution < -0.4 is 0 Å². The van der Waals surface area contributed by atoms with Crippen LogP contribution in [0.5, 0.6) is 0 Å². The van der Waals surface area contributed by atoms with Gasteiger partial charge in [0.2, 0.25) is 0 Å². The van der Waals surface area contributed by atoms with Gasteiger partial charge in [-0.2, -0.15) is 0 Å². The van der Waals surface area contributed by atoms with E-state index in [9.17, 15) is 14.3 Å². The first kappa shape index (κ1) is 23.4. The number of carbonyl (C=O) groups is 1. The lowest BCUT2D eigenvalue weighted by Crippen LogP contribution is -2.43. The highest BCUT2D eigenvalue weighted by Crippen LogP contribution is 2.28. The summed E-state index contributed by atoms with van der Waals surface area (Å²) in [6, 6.07) is 15.9. The van der Waals surface area contributed by atoms with Crippen molar-refractivity contribution in [3.8, 4) is 0 Å². The van der Waals surface area contributed by atoms with Crippen LogP contribution in [0.1, 0.15) is 51.6 Å². The number of rotatable bonds is 5. The van der Waals surface area contributed by atoms with Gasteiger partial charge in [-0.1, -0.05) is 46.3 Å². The van der Waals surface area contributed by atoms with Gasteiger partial charge in [0.1, 0.15) is 11.9 Å². The van der Waals surface area contributed by atoms with E-state index in [-0.39, 0.29) is 24.1 Å². The highest BCUT2D eigenvalue weighted by molar-refractivity contribution is 9.10. The quantitative estimate of drug-likeness (QED) is 0.580. The van der Waals surface area contributed by atoms with Crippen molar-refractivity contribution in [2.45, 2.75) is 57.8 Å². The van der Waals surface area contributed by atoms with Gasteiger partial charge in [0, 0.05) is 17.4 Å². The number of halogens is 2. The van der Waals surface area contributed by atoms with Crippen molar-refractivity contribution in [1.82, 2.24) is 4.90 Å². The van der Waals surface area contributed by atoms with Crippen molar-refractivity contribution in [2.24, 2.45) is 0 Å². The van der Waals surface area contributed by atoms with Gasteiger partial charge in [-0.25, -0.2) is 9.18 Å². The maximum Gasteiger partial charge on any atom is 0.410 e. The molecule has 1 fully saturated rings. The first-order chi connectivity index (χ1) is 13.7. The van der Waals surface area contributed by atoms with Crippen molar-refractivity contribution in [3.05, 3.63) is 70.5 Å². The Morgan fingerprint density at radius 1 is 1.21 bits per heavy atom. The number of hydrogen-bond donors (Lipinski definition) is 1. The van der Waals surface area contributed by atoms with E-state index in [2.05, 4.69) is 15.9 Å². The Kier molecular flexibility index (Phi) is 8.65. The van der Waals surface area contributed by atoms with Gasteiger partial charge in [-0.3, -0.25) is 0 Å². The first-order valence-electron chi connectivity index (χ1n) is 9.81. The number of amides is 1. The highest BCUT2D eigenvalue weighted by atomic mass is 79.9. The van der Waals surface area contributed by atoms with E-state index < -0.39 is 5.60 Å². The van der Waals surface area contributed by atoms with Crippen LogP contribution in [0.25, 0.3) is 0 Å². The number of hydrogen-bond acceptors (Lipinski definition) is 3. The molecule has 0 bridgehead atoms. The number of aliphatic hydroxyl groups is 1. The molecule has 1 aliphatic heterocycles. The van der Waals surface area contributed by atoms with Gasteiger partial charge in [-0.15, -0.1) is 0 Å². The molecule has 2 atom stereocenters. The largest absolute Gasteiger partial charge is 0.446 e. The predicted molar refractivity (Wildman–Crippen MR) is 116 cm³/mol. The second-order valence-corrected chi connectivity index (χ2v) is 8.78. The third-order valence-corrected chi connectivity index (χ3v) is 5.35. The van der Waals surface area contributed by atoms with Crippen LogP contribution in [0.15, 0.2) is 59.1 Å². The minimum absolute atomic E-state index is 0.00386. The summed E-state index contributed by atoms with van der Waals surface area (Å²) in [6.45, 7) is 6.26. The molecule has 1 aliphatic rings. The van der Waals surface area contributed by atoms with Gasteiger partial charge < -0.3 is 14.7 Å². The zero-order chi connectivity index (χ0) is 21.4. The van der Waals surface area contributed by atoms with Crippen molar-refractivity contribution in [3.63, 3.8) is 0 Å². The topological polar surface area (TPSA) is 49.8 Å². The van der Waals surface area contributed by atoms with E-state index in [4.69, 9.17) is 4.74 Å². The fraction of sp³-hybridized carbons (Fsp3) is 0.435. The lowest BCUT2D eigenvalue weighted by molar-refractivity contribution is -0.00600. The van der Waals surface area contributed by atoms with Gasteiger partial charge in [0.15, 0.2) is 0 Å². The summed E-state index contributed by atoms with van der Waals surface area (Å²) >= 11 is 3.42. The minimum Gasteiger partial charge on any atom is -0.446 e. The van der Waals surface area contributed by atoms with E-state index in [0.717, 1.165) is 16.5 Å². The summed E-state index contributed by atoms with van der Waals surface area (Å²) < 4.78 is 18.5. The van der Waals surface area contributed by atoms with Crippen LogP contribution in [-0.4, -0.2) is 34.3 Å². The maximum absolute atomic E-state index is 12.2. The van der Waals surface area contributed by atoms with Gasteiger partial charge in [0.25, 0.3) is 0 Å². The van der Waals surface area contributed by atoms with Crippen LogP contribution in [0.2, 0.25) is 0 Å². The normalized spacial score (nSPS) is 17.8. The minimum atomic E-state index is -0.714. The third-order valence-electron chi connectivity index (χ3n) is 4.83. The lowest BCUT2D eigenvalue weighted by Gasteiger charge is -2.36. The fourth-order valence-corrected chi connectivity index (χ4v) is 3.31. The molecule has 1 amide bonds. The molecule has 0 spiro atoms. The standard InChI is InChI=1S/C17H24BrNO3.C6H5F/c1-12(13-4-6-14(18)7-5-13)19-11-9-15(22-16(19)20)8-10-17(2,3)21;7-6-4-2-1-3-5-6/h4-7,12,15,21H,8-11H2,1-3H3;1-5H. The van der Waals surface area contributed by atoms with Crippen molar-refractivity contribution in [1.29, 1.82) is 0 Å². The Bertz CT molecular complexity index is 762. The predicted octanol–water partition coefficient (Wildman–Crippen LogP) is 6.10. The summed E-state index contributed by atoms with van der Waals surface area (Å²) in [4.78, 5) is 14.0. The average molecular weight is 466 g/mol. The van der Waals surface area contributed by atoms with Gasteiger partial charge in [-0.05, 0) is 63.4 Å². The Balaban J connectivity index is 0.000000360. The Hall–Kier alpha value is -1.92. The Labute approximate surface area is 180 Å². The van der Waals surface area contributed by atoms with Gasteiger partial charge >= 0.3 is 6.09 Å². The zero-order valence-electron chi connectivity index (χ0n) is 17.1. The van der Waals surface area contributed by atoms with Crippen molar-refractivity contribution < 1.29 is 19.0 Å². The molecule has 0 aliphatic carbocycles. The molecule has 4 nitrogen and oxygen atoms in total. The molecule has 158 valence electrons. The Morgan fingerprint density at radius 2 is 1.83 bits per heavy atom. The molecule has 2 aromatic carbocycles. The second-order valence-electron chi connectivity index (χ2n) is 7.86. The third kappa shape index (κ3) is 8.15. The van der Waals surface area contributed by atoms with E-state index in [1.807, 2.05) is 31.2 Å². The average Bonchev–Trinajstić information content (AvgIpc) is 2.67. The van der Waals surface area contributed by atoms with Crippen LogP contribution in [0.3, 0.4) is 0 Å². The summed E-state index contributed by atoms with van der Waals surface area (Å²) in [5, 5.41) is 9.77.